The minimum absolute atomic E-state index is 0.808. The van der Waals surface area contributed by atoms with E-state index in [4.69, 9.17) is 0 Å². The first-order chi connectivity index (χ1) is 6.81. The summed E-state index contributed by atoms with van der Waals surface area (Å²) in [5.74, 6) is 1.30. The Hall–Kier alpha value is -0.920. The summed E-state index contributed by atoms with van der Waals surface area (Å²) in [5, 5.41) is 0. The zero-order valence-electron chi connectivity index (χ0n) is 9.30. The van der Waals surface area contributed by atoms with Crippen LogP contribution in [0.3, 0.4) is 0 Å². The molecule has 6 nitrogen and oxygen atoms in total. The maximum absolute atomic E-state index is 9.22. The highest BCUT2D eigenvalue weighted by molar-refractivity contribution is 7.80. The van der Waals surface area contributed by atoms with Crippen molar-refractivity contribution in [3.05, 3.63) is 18.2 Å². The van der Waals surface area contributed by atoms with Gasteiger partial charge in [0.15, 0.2) is 0 Å². The number of aryl methyl sites for hydroxylation is 2. The van der Waals surface area contributed by atoms with Gasteiger partial charge < -0.3 is 4.55 Å². The first-order valence-corrected chi connectivity index (χ1v) is 5.68. The van der Waals surface area contributed by atoms with Gasteiger partial charge in [-0.2, -0.15) is 0 Å². The number of nitrogens with zero attached hydrogens (tertiary/aromatic N) is 2. The van der Waals surface area contributed by atoms with Crippen LogP contribution in [0.25, 0.3) is 0 Å². The minimum Gasteiger partial charge on any atom is -0.726 e. The van der Waals surface area contributed by atoms with E-state index < -0.39 is 10.4 Å². The van der Waals surface area contributed by atoms with Gasteiger partial charge in [0.25, 0.3) is 5.82 Å². The molecule has 0 bridgehead atoms. The Kier molecular flexibility index (Phi) is 5.48. The third kappa shape index (κ3) is 5.50. The van der Waals surface area contributed by atoms with Gasteiger partial charge >= 0.3 is 0 Å². The molecular weight excluding hydrogens is 220 g/mol. The SMILES string of the molecule is CCn1cc[n+](C)c1C.COS(=O)(=O)[O-]. The van der Waals surface area contributed by atoms with E-state index in [0.29, 0.717) is 0 Å². The topological polar surface area (TPSA) is 75.2 Å². The van der Waals surface area contributed by atoms with Gasteiger partial charge in [-0.15, -0.1) is 0 Å². The average Bonchev–Trinajstić information content (AvgIpc) is 2.47. The maximum atomic E-state index is 9.22. The van der Waals surface area contributed by atoms with E-state index in [9.17, 15) is 13.0 Å². The molecule has 1 aromatic heterocycles. The molecule has 88 valence electrons. The average molecular weight is 236 g/mol. The normalized spacial score (nSPS) is 10.7. The quantitative estimate of drug-likeness (QED) is 0.402. The Morgan fingerprint density at radius 3 is 2.20 bits per heavy atom. The lowest BCUT2D eigenvalue weighted by molar-refractivity contribution is -0.677. The van der Waals surface area contributed by atoms with Crippen molar-refractivity contribution in [3.8, 4) is 0 Å². The third-order valence-corrected chi connectivity index (χ3v) is 2.35. The summed E-state index contributed by atoms with van der Waals surface area (Å²) in [4.78, 5) is 0. The number of aromatic nitrogens is 2. The van der Waals surface area contributed by atoms with Crippen molar-refractivity contribution in [2.45, 2.75) is 20.4 Å². The first kappa shape index (κ1) is 14.1. The first-order valence-electron chi connectivity index (χ1n) is 4.34. The molecule has 0 aliphatic carbocycles. The molecule has 0 aliphatic rings. The molecule has 0 N–H and O–H groups in total. The summed E-state index contributed by atoms with van der Waals surface area (Å²) in [6, 6.07) is 0. The molecule has 0 aliphatic heterocycles. The minimum atomic E-state index is -4.41. The van der Waals surface area contributed by atoms with Crippen LogP contribution in [0.1, 0.15) is 12.7 Å². The van der Waals surface area contributed by atoms with Gasteiger partial charge in [0, 0.05) is 6.92 Å². The van der Waals surface area contributed by atoms with Gasteiger partial charge in [0.1, 0.15) is 12.4 Å². The number of hydrogen-bond donors (Lipinski definition) is 0. The molecule has 1 aromatic rings. The molecule has 15 heavy (non-hydrogen) atoms. The molecule has 0 saturated heterocycles. The molecular formula is C8H16N2O4S. The molecule has 0 saturated carbocycles. The van der Waals surface area contributed by atoms with Crippen LogP contribution in [0, 0.1) is 6.92 Å². The smallest absolute Gasteiger partial charge is 0.252 e. The van der Waals surface area contributed by atoms with Crippen molar-refractivity contribution in [3.63, 3.8) is 0 Å². The van der Waals surface area contributed by atoms with Gasteiger partial charge in [0.2, 0.25) is 10.4 Å². The summed E-state index contributed by atoms with van der Waals surface area (Å²) < 4.78 is 35.3. The molecule has 1 rings (SSSR count). The number of imidazole rings is 1. The second-order valence-electron chi connectivity index (χ2n) is 2.82. The molecule has 1 heterocycles. The largest absolute Gasteiger partial charge is 0.726 e. The standard InChI is InChI=1S/C7H13N2.CH4O4S/c1-4-9-6-5-8(3)7(9)2;1-5-6(2,3)4/h5-6H,4H2,1-3H3;1H3,(H,2,3,4)/q+1;/p-1. The zero-order chi connectivity index (χ0) is 12.1. The zero-order valence-corrected chi connectivity index (χ0v) is 10.1. The lowest BCUT2D eigenvalue weighted by Crippen LogP contribution is -2.29. The highest BCUT2D eigenvalue weighted by Gasteiger charge is 2.03. The fourth-order valence-electron chi connectivity index (χ4n) is 0.933. The summed E-state index contributed by atoms with van der Waals surface area (Å²) in [6.45, 7) is 5.32. The predicted molar refractivity (Wildman–Crippen MR) is 52.7 cm³/mol. The molecule has 0 fully saturated rings. The fourth-order valence-corrected chi connectivity index (χ4v) is 0.933. The summed E-state index contributed by atoms with van der Waals surface area (Å²) in [7, 11) is -1.55. The van der Waals surface area contributed by atoms with Crippen LogP contribution >= 0.6 is 0 Å². The van der Waals surface area contributed by atoms with Crippen molar-refractivity contribution < 1.29 is 21.7 Å². The van der Waals surface area contributed by atoms with Gasteiger partial charge in [-0.1, -0.05) is 0 Å². The Morgan fingerprint density at radius 1 is 1.60 bits per heavy atom. The van der Waals surface area contributed by atoms with E-state index in [1.54, 1.807) is 0 Å². The molecule has 7 heteroatoms. The van der Waals surface area contributed by atoms with Crippen LogP contribution in [0.2, 0.25) is 0 Å². The highest BCUT2D eigenvalue weighted by Crippen LogP contribution is 1.89. The molecule has 0 atom stereocenters. The Morgan fingerprint density at radius 2 is 2.07 bits per heavy atom. The number of rotatable bonds is 2. The lowest BCUT2D eigenvalue weighted by Gasteiger charge is -1.98. The fraction of sp³-hybridized carbons (Fsp3) is 0.625. The predicted octanol–water partition coefficient (Wildman–Crippen LogP) is -0.266. The Labute approximate surface area is 90.1 Å². The molecule has 0 spiro atoms. The van der Waals surface area contributed by atoms with Crippen molar-refractivity contribution >= 4 is 10.4 Å². The Balaban J connectivity index is 0.000000288. The third-order valence-electron chi connectivity index (χ3n) is 1.94. The summed E-state index contributed by atoms with van der Waals surface area (Å²) >= 11 is 0. The van der Waals surface area contributed by atoms with E-state index in [1.165, 1.54) is 5.82 Å². The highest BCUT2D eigenvalue weighted by atomic mass is 32.3. The molecule has 0 unspecified atom stereocenters. The second kappa shape index (κ2) is 5.84. The Bertz CT molecular complexity index is 397. The van der Waals surface area contributed by atoms with Gasteiger partial charge in [-0.05, 0) is 6.92 Å². The van der Waals surface area contributed by atoms with Crippen LogP contribution in [0.4, 0.5) is 0 Å². The lowest BCUT2D eigenvalue weighted by atomic mass is 10.6. The van der Waals surface area contributed by atoms with Crippen molar-refractivity contribution in [2.75, 3.05) is 7.11 Å². The van der Waals surface area contributed by atoms with Crippen molar-refractivity contribution in [1.82, 2.24) is 4.57 Å². The van der Waals surface area contributed by atoms with Crippen LogP contribution in [0.5, 0.6) is 0 Å². The molecule has 0 radical (unpaired) electrons. The van der Waals surface area contributed by atoms with Gasteiger partial charge in [-0.3, -0.25) is 4.18 Å². The summed E-state index contributed by atoms with van der Waals surface area (Å²) in [5.41, 5.74) is 0. The molecule has 0 amide bonds. The van der Waals surface area contributed by atoms with E-state index in [1.807, 2.05) is 0 Å². The van der Waals surface area contributed by atoms with Crippen LogP contribution in [-0.2, 0) is 28.2 Å². The van der Waals surface area contributed by atoms with E-state index in [0.717, 1.165) is 13.7 Å². The van der Waals surface area contributed by atoms with E-state index in [-0.39, 0.29) is 0 Å². The van der Waals surface area contributed by atoms with Gasteiger partial charge in [-0.25, -0.2) is 17.6 Å². The molecule has 0 aromatic carbocycles. The van der Waals surface area contributed by atoms with Gasteiger partial charge in [0.05, 0.1) is 20.7 Å². The number of hydrogen-bond acceptors (Lipinski definition) is 4. The van der Waals surface area contributed by atoms with Crippen LogP contribution in [0.15, 0.2) is 12.4 Å². The van der Waals surface area contributed by atoms with E-state index in [2.05, 4.69) is 46.6 Å². The van der Waals surface area contributed by atoms with E-state index >= 15 is 0 Å². The summed E-state index contributed by atoms with van der Waals surface area (Å²) in [6.07, 6.45) is 4.16. The second-order valence-corrected chi connectivity index (χ2v) is 3.97. The van der Waals surface area contributed by atoms with Crippen molar-refractivity contribution in [2.24, 2.45) is 7.05 Å². The van der Waals surface area contributed by atoms with Crippen LogP contribution in [-0.4, -0.2) is 24.6 Å². The van der Waals surface area contributed by atoms with Crippen molar-refractivity contribution in [1.29, 1.82) is 0 Å². The van der Waals surface area contributed by atoms with Crippen LogP contribution < -0.4 is 4.57 Å². The monoisotopic (exact) mass is 236 g/mol. The maximum Gasteiger partial charge on any atom is 0.252 e.